The Labute approximate surface area is 96.6 Å². The molecule has 0 aromatic heterocycles. The van der Waals surface area contributed by atoms with E-state index >= 15 is 0 Å². The molecule has 0 aromatic carbocycles. The third-order valence-electron chi connectivity index (χ3n) is 3.16. The lowest BCUT2D eigenvalue weighted by Gasteiger charge is -2.28. The first-order valence-corrected chi connectivity index (χ1v) is 6.50. The Kier molecular flexibility index (Phi) is 8.07. The zero-order valence-electron chi connectivity index (χ0n) is 11.6. The van der Waals surface area contributed by atoms with Crippen LogP contribution in [0.2, 0.25) is 0 Å². The fraction of sp³-hybridized carbons (Fsp3) is 1.00. The summed E-state index contributed by atoms with van der Waals surface area (Å²) in [6.45, 7) is 18.4. The highest BCUT2D eigenvalue weighted by molar-refractivity contribution is 4.65. The molecule has 2 heteroatoms. The average Bonchev–Trinajstić information content (AvgIpc) is 2.17. The number of rotatable bonds is 8. The quantitative estimate of drug-likeness (QED) is 0.613. The van der Waals surface area contributed by atoms with Gasteiger partial charge in [0.15, 0.2) is 0 Å². The van der Waals surface area contributed by atoms with Crippen LogP contribution in [0.25, 0.3) is 0 Å². The van der Waals surface area contributed by atoms with Crippen LogP contribution in [0.1, 0.15) is 48.0 Å². The molecule has 0 fully saturated rings. The normalized spacial score (nSPS) is 12.4. The summed E-state index contributed by atoms with van der Waals surface area (Å²) in [7, 11) is 0. The maximum absolute atomic E-state index is 2.54. The number of hydrogen-bond donors (Lipinski definition) is 0. The Bertz CT molecular complexity index is 127. The van der Waals surface area contributed by atoms with Gasteiger partial charge >= 0.3 is 0 Å². The Morgan fingerprint density at radius 2 is 1.07 bits per heavy atom. The van der Waals surface area contributed by atoms with E-state index in [4.69, 9.17) is 0 Å². The van der Waals surface area contributed by atoms with Gasteiger partial charge in [0, 0.05) is 12.1 Å². The minimum Gasteiger partial charge on any atom is -0.301 e. The van der Waals surface area contributed by atoms with Crippen LogP contribution < -0.4 is 0 Å². The first kappa shape index (κ1) is 14.9. The number of nitrogens with zero attached hydrogens (tertiary/aromatic N) is 2. The summed E-state index contributed by atoms with van der Waals surface area (Å²) in [6.07, 6.45) is 1.29. The molecule has 0 rings (SSSR count). The van der Waals surface area contributed by atoms with Crippen molar-refractivity contribution in [3.05, 3.63) is 0 Å². The van der Waals surface area contributed by atoms with E-state index in [1.54, 1.807) is 0 Å². The van der Waals surface area contributed by atoms with Crippen molar-refractivity contribution < 1.29 is 0 Å². The lowest BCUT2D eigenvalue weighted by atomic mass is 10.2. The first-order chi connectivity index (χ1) is 7.02. The van der Waals surface area contributed by atoms with Gasteiger partial charge in [-0.3, -0.25) is 0 Å². The van der Waals surface area contributed by atoms with Gasteiger partial charge in [0.05, 0.1) is 0 Å². The van der Waals surface area contributed by atoms with E-state index in [1.165, 1.54) is 32.6 Å². The molecule has 0 bridgehead atoms. The van der Waals surface area contributed by atoms with Crippen LogP contribution in [0.4, 0.5) is 0 Å². The predicted octanol–water partition coefficient (Wildman–Crippen LogP) is 2.84. The van der Waals surface area contributed by atoms with Gasteiger partial charge < -0.3 is 9.80 Å². The molecule has 2 nitrogen and oxygen atoms in total. The van der Waals surface area contributed by atoms with Gasteiger partial charge in [-0.15, -0.1) is 0 Å². The van der Waals surface area contributed by atoms with Gasteiger partial charge in [0.2, 0.25) is 0 Å². The molecule has 0 amide bonds. The van der Waals surface area contributed by atoms with Gasteiger partial charge in [0.1, 0.15) is 0 Å². The van der Waals surface area contributed by atoms with Crippen molar-refractivity contribution in [3.8, 4) is 0 Å². The lowest BCUT2D eigenvalue weighted by Crippen LogP contribution is -2.36. The summed E-state index contributed by atoms with van der Waals surface area (Å²) in [5.74, 6) is 0. The van der Waals surface area contributed by atoms with Crippen LogP contribution in [0.3, 0.4) is 0 Å². The van der Waals surface area contributed by atoms with Crippen LogP contribution in [0.5, 0.6) is 0 Å². The molecule has 0 saturated heterocycles. The van der Waals surface area contributed by atoms with Gasteiger partial charge in [-0.2, -0.15) is 0 Å². The Hall–Kier alpha value is -0.0800. The van der Waals surface area contributed by atoms with Gasteiger partial charge in [-0.05, 0) is 60.3 Å². The highest BCUT2D eigenvalue weighted by Crippen LogP contribution is 2.02. The van der Waals surface area contributed by atoms with E-state index in [0.29, 0.717) is 12.1 Å². The van der Waals surface area contributed by atoms with Crippen LogP contribution in [-0.4, -0.2) is 48.1 Å². The van der Waals surface area contributed by atoms with Crippen LogP contribution in [0.15, 0.2) is 0 Å². The molecule has 0 aliphatic carbocycles. The second-order valence-corrected chi connectivity index (χ2v) is 4.80. The second kappa shape index (κ2) is 8.12. The smallest absolute Gasteiger partial charge is 0.00384 e. The Morgan fingerprint density at radius 3 is 1.27 bits per heavy atom. The average molecular weight is 214 g/mol. The zero-order valence-corrected chi connectivity index (χ0v) is 11.6. The first-order valence-electron chi connectivity index (χ1n) is 6.50. The van der Waals surface area contributed by atoms with Crippen LogP contribution in [0, 0.1) is 0 Å². The molecule has 15 heavy (non-hydrogen) atoms. The third kappa shape index (κ3) is 6.16. The van der Waals surface area contributed by atoms with Crippen molar-refractivity contribution in [2.75, 3.05) is 26.2 Å². The molecule has 0 radical (unpaired) electrons. The third-order valence-corrected chi connectivity index (χ3v) is 3.16. The van der Waals surface area contributed by atoms with Crippen molar-refractivity contribution >= 4 is 0 Å². The fourth-order valence-electron chi connectivity index (χ4n) is 2.04. The molecule has 0 aliphatic heterocycles. The zero-order chi connectivity index (χ0) is 11.8. The molecular formula is C13H30N2. The maximum Gasteiger partial charge on any atom is 0.00384 e. The number of hydrogen-bond acceptors (Lipinski definition) is 2. The Morgan fingerprint density at radius 1 is 0.733 bits per heavy atom. The SMILES string of the molecule is CCN(CCCN(CC)C(C)C)C(C)C. The molecule has 0 saturated carbocycles. The summed E-state index contributed by atoms with van der Waals surface area (Å²) in [4.78, 5) is 5.07. The minimum atomic E-state index is 0.684. The summed E-state index contributed by atoms with van der Waals surface area (Å²) >= 11 is 0. The van der Waals surface area contributed by atoms with E-state index in [1.807, 2.05) is 0 Å². The molecule has 0 aromatic rings. The molecule has 0 aliphatic rings. The highest BCUT2D eigenvalue weighted by atomic mass is 15.2. The maximum atomic E-state index is 2.54. The van der Waals surface area contributed by atoms with E-state index in [2.05, 4.69) is 51.3 Å². The monoisotopic (exact) mass is 214 g/mol. The minimum absolute atomic E-state index is 0.684. The molecule has 0 N–H and O–H groups in total. The lowest BCUT2D eigenvalue weighted by molar-refractivity contribution is 0.189. The summed E-state index contributed by atoms with van der Waals surface area (Å²) < 4.78 is 0. The van der Waals surface area contributed by atoms with Crippen molar-refractivity contribution in [2.24, 2.45) is 0 Å². The van der Waals surface area contributed by atoms with Crippen molar-refractivity contribution in [3.63, 3.8) is 0 Å². The summed E-state index contributed by atoms with van der Waals surface area (Å²) in [5.41, 5.74) is 0. The summed E-state index contributed by atoms with van der Waals surface area (Å²) in [6, 6.07) is 1.37. The molecular weight excluding hydrogens is 184 g/mol. The van der Waals surface area contributed by atoms with E-state index in [0.717, 1.165) is 0 Å². The highest BCUT2D eigenvalue weighted by Gasteiger charge is 2.09. The van der Waals surface area contributed by atoms with E-state index in [-0.39, 0.29) is 0 Å². The van der Waals surface area contributed by atoms with Crippen molar-refractivity contribution in [1.82, 2.24) is 9.80 Å². The van der Waals surface area contributed by atoms with Gasteiger partial charge in [-0.25, -0.2) is 0 Å². The van der Waals surface area contributed by atoms with E-state index in [9.17, 15) is 0 Å². The van der Waals surface area contributed by atoms with Gasteiger partial charge in [0.25, 0.3) is 0 Å². The fourth-order valence-corrected chi connectivity index (χ4v) is 2.04. The molecule has 92 valence electrons. The largest absolute Gasteiger partial charge is 0.301 e. The standard InChI is InChI=1S/C13H30N2/c1-7-14(12(3)4)10-9-11-15(8-2)13(5)6/h12-13H,7-11H2,1-6H3. The molecule has 0 spiro atoms. The molecule has 0 unspecified atom stereocenters. The second-order valence-electron chi connectivity index (χ2n) is 4.80. The topological polar surface area (TPSA) is 6.48 Å². The van der Waals surface area contributed by atoms with Crippen LogP contribution in [-0.2, 0) is 0 Å². The summed E-state index contributed by atoms with van der Waals surface area (Å²) in [5, 5.41) is 0. The molecule has 0 atom stereocenters. The molecule has 0 heterocycles. The van der Waals surface area contributed by atoms with E-state index < -0.39 is 0 Å². The van der Waals surface area contributed by atoms with Crippen molar-refractivity contribution in [1.29, 1.82) is 0 Å². The Balaban J connectivity index is 3.75. The van der Waals surface area contributed by atoms with Crippen molar-refractivity contribution in [2.45, 2.75) is 60.0 Å². The predicted molar refractivity (Wildman–Crippen MR) is 69.4 cm³/mol. The van der Waals surface area contributed by atoms with Crippen LogP contribution >= 0.6 is 0 Å². The van der Waals surface area contributed by atoms with Gasteiger partial charge in [-0.1, -0.05) is 13.8 Å².